The maximum Gasteiger partial charge on any atom is 0.260 e. The first-order valence-corrected chi connectivity index (χ1v) is 8.18. The lowest BCUT2D eigenvalue weighted by molar-refractivity contribution is 0.102. The molecule has 132 valence electrons. The Kier molecular flexibility index (Phi) is 5.12. The number of methoxy groups -OCH3 is 1. The molecular weight excluding hydrogens is 328 g/mol. The number of aryl methyl sites for hydroxylation is 2. The Morgan fingerprint density at radius 1 is 0.923 bits per heavy atom. The van der Waals surface area contributed by atoms with E-state index in [0.717, 1.165) is 5.69 Å². The van der Waals surface area contributed by atoms with Gasteiger partial charge in [-0.15, -0.1) is 10.2 Å². The minimum absolute atomic E-state index is 0.299. The molecule has 0 aliphatic rings. The van der Waals surface area contributed by atoms with Crippen LogP contribution >= 0.6 is 0 Å². The molecule has 0 fully saturated rings. The Hall–Kier alpha value is -3.41. The van der Waals surface area contributed by atoms with E-state index in [9.17, 15) is 4.79 Å². The van der Waals surface area contributed by atoms with Crippen molar-refractivity contribution in [1.29, 1.82) is 0 Å². The summed E-state index contributed by atoms with van der Waals surface area (Å²) in [5.41, 5.74) is 3.72. The number of anilines is 3. The number of nitrogens with zero attached hydrogens (tertiary/aromatic N) is 2. The number of carbonyl (C=O) groups is 1. The Balaban J connectivity index is 1.70. The summed E-state index contributed by atoms with van der Waals surface area (Å²) in [5, 5.41) is 14.1. The van der Waals surface area contributed by atoms with Crippen LogP contribution in [0.4, 0.5) is 17.3 Å². The molecular formula is C20H20N4O2. The number of amides is 1. The predicted octanol–water partition coefficient (Wildman–Crippen LogP) is 4.10. The summed E-state index contributed by atoms with van der Waals surface area (Å²) in [6.07, 6.45) is 0. The number of para-hydroxylation sites is 1. The van der Waals surface area contributed by atoms with E-state index in [1.165, 1.54) is 18.2 Å². The summed E-state index contributed by atoms with van der Waals surface area (Å²) in [7, 11) is 1.53. The zero-order chi connectivity index (χ0) is 18.5. The normalized spacial score (nSPS) is 10.3. The molecule has 0 saturated carbocycles. The van der Waals surface area contributed by atoms with Gasteiger partial charge in [0.25, 0.3) is 5.91 Å². The molecule has 0 bridgehead atoms. The molecule has 0 spiro atoms. The van der Waals surface area contributed by atoms with Crippen LogP contribution in [0.1, 0.15) is 21.5 Å². The van der Waals surface area contributed by atoms with Crippen molar-refractivity contribution in [2.45, 2.75) is 13.8 Å². The average molecular weight is 348 g/mol. The maximum atomic E-state index is 12.4. The zero-order valence-corrected chi connectivity index (χ0v) is 14.9. The summed E-state index contributed by atoms with van der Waals surface area (Å²) < 4.78 is 5.20. The van der Waals surface area contributed by atoms with Gasteiger partial charge in [-0.25, -0.2) is 0 Å². The molecule has 0 aliphatic heterocycles. The minimum atomic E-state index is -0.299. The van der Waals surface area contributed by atoms with Crippen molar-refractivity contribution in [2.75, 3.05) is 17.7 Å². The van der Waals surface area contributed by atoms with Gasteiger partial charge in [-0.05, 0) is 61.4 Å². The smallest absolute Gasteiger partial charge is 0.260 e. The second-order valence-electron chi connectivity index (χ2n) is 5.96. The average Bonchev–Trinajstić information content (AvgIpc) is 2.62. The summed E-state index contributed by atoms with van der Waals surface area (Å²) in [5.74, 6) is 1.18. The van der Waals surface area contributed by atoms with Gasteiger partial charge < -0.3 is 15.4 Å². The molecule has 2 aromatic carbocycles. The van der Waals surface area contributed by atoms with Gasteiger partial charge in [0.1, 0.15) is 5.75 Å². The quantitative estimate of drug-likeness (QED) is 0.726. The first-order chi connectivity index (χ1) is 12.5. The number of hydrogen-bond donors (Lipinski definition) is 2. The molecule has 0 atom stereocenters. The first-order valence-electron chi connectivity index (χ1n) is 8.18. The lowest BCUT2D eigenvalue weighted by Gasteiger charge is -2.10. The van der Waals surface area contributed by atoms with Gasteiger partial charge in [0.15, 0.2) is 11.6 Å². The number of hydrogen-bond acceptors (Lipinski definition) is 5. The van der Waals surface area contributed by atoms with Gasteiger partial charge in [0.2, 0.25) is 0 Å². The Bertz CT molecular complexity index is 903. The van der Waals surface area contributed by atoms with Gasteiger partial charge in [0.05, 0.1) is 12.7 Å². The Labute approximate surface area is 152 Å². The van der Waals surface area contributed by atoms with Crippen molar-refractivity contribution in [3.8, 4) is 5.75 Å². The lowest BCUT2D eigenvalue weighted by Crippen LogP contribution is -2.14. The second kappa shape index (κ2) is 7.65. The molecule has 0 saturated heterocycles. The van der Waals surface area contributed by atoms with E-state index in [4.69, 9.17) is 4.74 Å². The van der Waals surface area contributed by atoms with Crippen LogP contribution in [-0.4, -0.2) is 23.2 Å². The first kappa shape index (κ1) is 17.4. The van der Waals surface area contributed by atoms with Gasteiger partial charge in [-0.3, -0.25) is 4.79 Å². The number of benzene rings is 2. The predicted molar refractivity (Wildman–Crippen MR) is 102 cm³/mol. The van der Waals surface area contributed by atoms with E-state index < -0.39 is 0 Å². The van der Waals surface area contributed by atoms with Crippen molar-refractivity contribution in [1.82, 2.24) is 10.2 Å². The van der Waals surface area contributed by atoms with Crippen LogP contribution in [0.2, 0.25) is 0 Å². The second-order valence-corrected chi connectivity index (χ2v) is 5.96. The van der Waals surface area contributed by atoms with Gasteiger partial charge in [-0.2, -0.15) is 0 Å². The van der Waals surface area contributed by atoms with Crippen molar-refractivity contribution in [2.24, 2.45) is 0 Å². The topological polar surface area (TPSA) is 76.1 Å². The number of rotatable bonds is 5. The summed E-state index contributed by atoms with van der Waals surface area (Å²) in [6, 6.07) is 16.6. The van der Waals surface area contributed by atoms with Crippen molar-refractivity contribution < 1.29 is 9.53 Å². The zero-order valence-electron chi connectivity index (χ0n) is 14.9. The Morgan fingerprint density at radius 2 is 1.58 bits per heavy atom. The number of ether oxygens (including phenoxy) is 1. The van der Waals surface area contributed by atoms with Crippen molar-refractivity contribution in [3.05, 3.63) is 71.3 Å². The molecule has 26 heavy (non-hydrogen) atoms. The van der Waals surface area contributed by atoms with Gasteiger partial charge in [-0.1, -0.05) is 18.2 Å². The van der Waals surface area contributed by atoms with Crippen molar-refractivity contribution in [3.63, 3.8) is 0 Å². The van der Waals surface area contributed by atoms with Crippen LogP contribution < -0.4 is 15.4 Å². The standard InChI is InChI=1S/C20H20N4O2/c1-13-10-14(2)12-15(11-13)21-18-8-9-19(24-23-18)22-20(25)16-6-4-5-7-17(16)26-3/h4-12H,1-3H3,(H,21,23)(H,22,24,25). The number of aromatic nitrogens is 2. The number of nitrogens with one attached hydrogen (secondary N) is 2. The molecule has 0 unspecified atom stereocenters. The molecule has 6 heteroatoms. The highest BCUT2D eigenvalue weighted by molar-refractivity contribution is 6.05. The fourth-order valence-corrected chi connectivity index (χ4v) is 2.68. The van der Waals surface area contributed by atoms with Gasteiger partial charge in [0, 0.05) is 5.69 Å². The number of carbonyl (C=O) groups excluding carboxylic acids is 1. The lowest BCUT2D eigenvalue weighted by atomic mass is 10.1. The molecule has 2 N–H and O–H groups in total. The summed E-state index contributed by atoms with van der Waals surface area (Å²) in [4.78, 5) is 12.4. The van der Waals surface area contributed by atoms with E-state index in [2.05, 4.69) is 26.9 Å². The highest BCUT2D eigenvalue weighted by Gasteiger charge is 2.12. The molecule has 1 amide bonds. The monoisotopic (exact) mass is 348 g/mol. The maximum absolute atomic E-state index is 12.4. The minimum Gasteiger partial charge on any atom is -0.496 e. The van der Waals surface area contributed by atoms with Crippen molar-refractivity contribution >= 4 is 23.2 Å². The van der Waals surface area contributed by atoms with Gasteiger partial charge >= 0.3 is 0 Å². The van der Waals surface area contributed by atoms with E-state index in [1.54, 1.807) is 30.3 Å². The van der Waals surface area contributed by atoms with E-state index in [0.29, 0.717) is 22.9 Å². The highest BCUT2D eigenvalue weighted by Crippen LogP contribution is 2.20. The fourth-order valence-electron chi connectivity index (χ4n) is 2.68. The molecule has 3 aromatic rings. The molecule has 0 radical (unpaired) electrons. The van der Waals surface area contributed by atoms with Crippen LogP contribution in [0.15, 0.2) is 54.6 Å². The van der Waals surface area contributed by atoms with E-state index in [-0.39, 0.29) is 5.91 Å². The Morgan fingerprint density at radius 3 is 2.23 bits per heavy atom. The molecule has 1 heterocycles. The van der Waals surface area contributed by atoms with Crippen LogP contribution in [-0.2, 0) is 0 Å². The fraction of sp³-hybridized carbons (Fsp3) is 0.150. The third-order valence-electron chi connectivity index (χ3n) is 3.75. The molecule has 3 rings (SSSR count). The molecule has 0 aliphatic carbocycles. The van der Waals surface area contributed by atoms with Crippen LogP contribution in [0, 0.1) is 13.8 Å². The third-order valence-corrected chi connectivity index (χ3v) is 3.75. The van der Waals surface area contributed by atoms with Crippen LogP contribution in [0.25, 0.3) is 0 Å². The van der Waals surface area contributed by atoms with E-state index >= 15 is 0 Å². The third kappa shape index (κ3) is 4.16. The summed E-state index contributed by atoms with van der Waals surface area (Å²) >= 11 is 0. The summed E-state index contributed by atoms with van der Waals surface area (Å²) in [6.45, 7) is 4.08. The van der Waals surface area contributed by atoms with E-state index in [1.807, 2.05) is 32.0 Å². The van der Waals surface area contributed by atoms with Crippen LogP contribution in [0.5, 0.6) is 5.75 Å². The molecule has 1 aromatic heterocycles. The molecule has 6 nitrogen and oxygen atoms in total. The SMILES string of the molecule is COc1ccccc1C(=O)Nc1ccc(Nc2cc(C)cc(C)c2)nn1. The highest BCUT2D eigenvalue weighted by atomic mass is 16.5. The largest absolute Gasteiger partial charge is 0.496 e. The van der Waals surface area contributed by atoms with Crippen LogP contribution in [0.3, 0.4) is 0 Å².